The van der Waals surface area contributed by atoms with Crippen LogP contribution in [0.3, 0.4) is 0 Å². The maximum Gasteiger partial charge on any atom is 0.306 e. The van der Waals surface area contributed by atoms with Crippen LogP contribution < -0.4 is 5.84 Å². The van der Waals surface area contributed by atoms with Crippen LogP contribution in [0.5, 0.6) is 0 Å². The van der Waals surface area contributed by atoms with Crippen molar-refractivity contribution in [3.05, 3.63) is 6.33 Å². The Labute approximate surface area is 92.2 Å². The molecule has 15 heavy (non-hydrogen) atoms. The Kier molecular flexibility index (Phi) is 4.41. The highest BCUT2D eigenvalue weighted by Gasteiger charge is 2.14. The molecule has 0 fully saturated rings. The monoisotopic (exact) mass is 230 g/mol. The van der Waals surface area contributed by atoms with Crippen LogP contribution in [0.15, 0.2) is 11.5 Å². The molecule has 1 aromatic heterocycles. The first-order chi connectivity index (χ1) is 7.13. The highest BCUT2D eigenvalue weighted by atomic mass is 32.2. The summed E-state index contributed by atoms with van der Waals surface area (Å²) in [6, 6.07) is 0. The summed E-state index contributed by atoms with van der Waals surface area (Å²) in [7, 11) is 0. The van der Waals surface area contributed by atoms with E-state index < -0.39 is 0 Å². The van der Waals surface area contributed by atoms with Crippen molar-refractivity contribution >= 4 is 17.7 Å². The summed E-state index contributed by atoms with van der Waals surface area (Å²) >= 11 is 1.39. The van der Waals surface area contributed by atoms with Gasteiger partial charge in [0.15, 0.2) is 0 Å². The van der Waals surface area contributed by atoms with E-state index in [1.165, 1.54) is 22.8 Å². The number of carbonyl (C=O) groups is 1. The third kappa shape index (κ3) is 3.78. The summed E-state index contributed by atoms with van der Waals surface area (Å²) in [5.74, 6) is 5.33. The van der Waals surface area contributed by atoms with E-state index in [1.54, 1.807) is 6.92 Å². The molecule has 0 saturated heterocycles. The number of rotatable bonds is 5. The van der Waals surface area contributed by atoms with Crippen LogP contribution in [-0.2, 0) is 9.53 Å². The first kappa shape index (κ1) is 11.8. The van der Waals surface area contributed by atoms with Crippen LogP contribution in [-0.4, -0.2) is 32.7 Å². The van der Waals surface area contributed by atoms with Crippen molar-refractivity contribution in [2.45, 2.75) is 30.7 Å². The Hall–Kier alpha value is -1.24. The number of nitrogen functional groups attached to an aromatic ring is 1. The van der Waals surface area contributed by atoms with Gasteiger partial charge in [-0.15, -0.1) is 10.2 Å². The van der Waals surface area contributed by atoms with Crippen LogP contribution >= 0.6 is 11.8 Å². The summed E-state index contributed by atoms with van der Waals surface area (Å²) in [6.45, 7) is 4.10. The number of nitrogens with two attached hydrogens (primary N) is 1. The van der Waals surface area contributed by atoms with E-state index in [0.717, 1.165) is 0 Å². The van der Waals surface area contributed by atoms with Crippen LogP contribution in [0.25, 0.3) is 0 Å². The topological polar surface area (TPSA) is 83.0 Å². The quantitative estimate of drug-likeness (QED) is 0.448. The molecule has 1 aromatic rings. The molecular formula is C8H14N4O2S. The maximum absolute atomic E-state index is 11.2. The standard InChI is InChI=1S/C8H14N4O2S/c1-3-14-7(13)4-6(2)15-8-11-10-5-12(8)9/h5-6H,3-4,9H2,1-2H3. The van der Waals surface area contributed by atoms with E-state index >= 15 is 0 Å². The van der Waals surface area contributed by atoms with Gasteiger partial charge in [0.2, 0.25) is 5.16 Å². The van der Waals surface area contributed by atoms with Crippen molar-refractivity contribution in [3.63, 3.8) is 0 Å². The Morgan fingerprint density at radius 1 is 1.80 bits per heavy atom. The molecule has 0 saturated carbocycles. The summed E-state index contributed by atoms with van der Waals surface area (Å²) in [6.07, 6.45) is 1.75. The van der Waals surface area contributed by atoms with Gasteiger partial charge in [0, 0.05) is 5.25 Å². The van der Waals surface area contributed by atoms with Crippen LogP contribution in [0.4, 0.5) is 0 Å². The van der Waals surface area contributed by atoms with Crippen molar-refractivity contribution in [2.75, 3.05) is 12.4 Å². The minimum Gasteiger partial charge on any atom is -0.466 e. The van der Waals surface area contributed by atoms with Gasteiger partial charge in [0.1, 0.15) is 6.33 Å². The molecule has 0 spiro atoms. The van der Waals surface area contributed by atoms with E-state index in [2.05, 4.69) is 10.2 Å². The highest BCUT2D eigenvalue weighted by molar-refractivity contribution is 7.99. The lowest BCUT2D eigenvalue weighted by Gasteiger charge is -2.08. The fourth-order valence-electron chi connectivity index (χ4n) is 0.993. The number of carbonyl (C=O) groups excluding carboxylic acids is 1. The van der Waals surface area contributed by atoms with Gasteiger partial charge in [-0.05, 0) is 6.92 Å². The van der Waals surface area contributed by atoms with Crippen molar-refractivity contribution in [1.29, 1.82) is 0 Å². The number of esters is 1. The average molecular weight is 230 g/mol. The van der Waals surface area contributed by atoms with E-state index in [9.17, 15) is 4.79 Å². The number of ether oxygens (including phenoxy) is 1. The molecule has 6 nitrogen and oxygen atoms in total. The molecule has 0 aliphatic carbocycles. The summed E-state index contributed by atoms with van der Waals surface area (Å²) in [5.41, 5.74) is 0. The van der Waals surface area contributed by atoms with Gasteiger partial charge in [-0.25, -0.2) is 4.68 Å². The predicted octanol–water partition coefficient (Wildman–Crippen LogP) is 0.426. The molecule has 0 amide bonds. The van der Waals surface area contributed by atoms with E-state index in [1.807, 2.05) is 6.92 Å². The largest absolute Gasteiger partial charge is 0.466 e. The van der Waals surface area contributed by atoms with Crippen LogP contribution in [0, 0.1) is 0 Å². The van der Waals surface area contributed by atoms with Crippen LogP contribution in [0.1, 0.15) is 20.3 Å². The van der Waals surface area contributed by atoms with Crippen molar-refractivity contribution in [1.82, 2.24) is 14.9 Å². The van der Waals surface area contributed by atoms with Crippen molar-refractivity contribution in [2.24, 2.45) is 0 Å². The average Bonchev–Trinajstić information content (AvgIpc) is 2.52. The minimum absolute atomic E-state index is 0.0653. The molecule has 0 aliphatic heterocycles. The van der Waals surface area contributed by atoms with E-state index in [4.69, 9.17) is 10.6 Å². The Balaban J connectivity index is 2.39. The molecule has 0 aliphatic rings. The number of thioether (sulfide) groups is 1. The second-order valence-corrected chi connectivity index (χ2v) is 4.36. The van der Waals surface area contributed by atoms with Gasteiger partial charge >= 0.3 is 5.97 Å². The SMILES string of the molecule is CCOC(=O)CC(C)Sc1nncn1N. The first-order valence-electron chi connectivity index (χ1n) is 4.60. The Bertz CT molecular complexity index is 328. The smallest absolute Gasteiger partial charge is 0.306 e. The van der Waals surface area contributed by atoms with Crippen molar-refractivity contribution < 1.29 is 9.53 Å². The summed E-state index contributed by atoms with van der Waals surface area (Å²) < 4.78 is 6.16. The zero-order valence-electron chi connectivity index (χ0n) is 8.71. The summed E-state index contributed by atoms with van der Waals surface area (Å²) in [5, 5.41) is 8.10. The lowest BCUT2D eigenvalue weighted by atomic mass is 10.3. The predicted molar refractivity (Wildman–Crippen MR) is 56.7 cm³/mol. The maximum atomic E-state index is 11.2. The second kappa shape index (κ2) is 5.59. The number of hydrogen-bond acceptors (Lipinski definition) is 6. The van der Waals surface area contributed by atoms with Gasteiger partial charge in [-0.2, -0.15) is 0 Å². The molecule has 2 N–H and O–H groups in total. The van der Waals surface area contributed by atoms with Crippen LogP contribution in [0.2, 0.25) is 0 Å². The summed E-state index contributed by atoms with van der Waals surface area (Å²) in [4.78, 5) is 11.2. The second-order valence-electron chi connectivity index (χ2n) is 2.96. The molecule has 1 atom stereocenters. The Morgan fingerprint density at radius 2 is 2.53 bits per heavy atom. The third-order valence-corrected chi connectivity index (χ3v) is 2.68. The van der Waals surface area contributed by atoms with Gasteiger partial charge in [-0.3, -0.25) is 4.79 Å². The zero-order valence-corrected chi connectivity index (χ0v) is 9.53. The molecule has 0 bridgehead atoms. The minimum atomic E-state index is -0.208. The first-order valence-corrected chi connectivity index (χ1v) is 5.48. The van der Waals surface area contributed by atoms with E-state index in [0.29, 0.717) is 18.2 Å². The highest BCUT2D eigenvalue weighted by Crippen LogP contribution is 2.21. The molecule has 0 aromatic carbocycles. The number of hydrogen-bond donors (Lipinski definition) is 1. The molecule has 1 rings (SSSR count). The van der Waals surface area contributed by atoms with Gasteiger partial charge in [0.05, 0.1) is 13.0 Å². The Morgan fingerprint density at radius 3 is 3.07 bits per heavy atom. The molecule has 1 heterocycles. The fourth-order valence-corrected chi connectivity index (χ4v) is 1.83. The van der Waals surface area contributed by atoms with Gasteiger partial charge in [0.25, 0.3) is 0 Å². The van der Waals surface area contributed by atoms with Gasteiger partial charge < -0.3 is 10.6 Å². The normalized spacial score (nSPS) is 12.4. The number of aromatic nitrogens is 3. The van der Waals surface area contributed by atoms with Crippen molar-refractivity contribution in [3.8, 4) is 0 Å². The lowest BCUT2D eigenvalue weighted by molar-refractivity contribution is -0.142. The molecule has 7 heteroatoms. The third-order valence-electron chi connectivity index (χ3n) is 1.61. The lowest BCUT2D eigenvalue weighted by Crippen LogP contribution is -2.13. The zero-order chi connectivity index (χ0) is 11.3. The fraction of sp³-hybridized carbons (Fsp3) is 0.625. The molecule has 1 unspecified atom stereocenters. The number of nitrogens with zero attached hydrogens (tertiary/aromatic N) is 3. The van der Waals surface area contributed by atoms with Gasteiger partial charge in [-0.1, -0.05) is 18.7 Å². The van der Waals surface area contributed by atoms with E-state index in [-0.39, 0.29) is 11.2 Å². The molecular weight excluding hydrogens is 216 g/mol. The molecule has 0 radical (unpaired) electrons. The molecule has 84 valence electrons.